The number of carbonyl (C=O) groups excluding carboxylic acids is 1. The van der Waals surface area contributed by atoms with E-state index in [1.54, 1.807) is 32.5 Å². The summed E-state index contributed by atoms with van der Waals surface area (Å²) in [5.41, 5.74) is 8.77. The molecule has 0 saturated heterocycles. The maximum Gasteiger partial charge on any atom is 0.251 e. The molecule has 0 unspecified atom stereocenters. The van der Waals surface area contributed by atoms with Crippen molar-refractivity contribution >= 4 is 34.6 Å². The van der Waals surface area contributed by atoms with Crippen LogP contribution in [0.2, 0.25) is 0 Å². The van der Waals surface area contributed by atoms with Gasteiger partial charge in [0.1, 0.15) is 11.1 Å². The molecule has 2 heterocycles. The molecule has 31 heavy (non-hydrogen) atoms. The molecule has 4 N–H and O–H groups in total. The van der Waals surface area contributed by atoms with Gasteiger partial charge in [-0.25, -0.2) is 0 Å². The predicted octanol–water partition coefficient (Wildman–Crippen LogP) is 3.02. The van der Waals surface area contributed by atoms with Crippen LogP contribution < -0.4 is 20.5 Å². The third-order valence-electron chi connectivity index (χ3n) is 4.67. The van der Waals surface area contributed by atoms with E-state index in [0.717, 1.165) is 21.4 Å². The van der Waals surface area contributed by atoms with Crippen LogP contribution in [-0.2, 0) is 13.1 Å². The molecule has 2 aromatic heterocycles. The number of amides is 1. The third kappa shape index (κ3) is 4.49. The average molecular weight is 439 g/mol. The highest BCUT2D eigenvalue weighted by molar-refractivity contribution is 8.00. The molecule has 0 saturated carbocycles. The van der Waals surface area contributed by atoms with E-state index in [1.807, 2.05) is 35.1 Å². The van der Waals surface area contributed by atoms with Gasteiger partial charge in [0.25, 0.3) is 5.91 Å². The summed E-state index contributed by atoms with van der Waals surface area (Å²) in [5.74, 6) is 1.04. The first-order valence-electron chi connectivity index (χ1n) is 9.54. The van der Waals surface area contributed by atoms with Crippen LogP contribution in [0, 0.1) is 0 Å². The summed E-state index contributed by atoms with van der Waals surface area (Å²) in [6, 6.07) is 11.1. The molecule has 4 rings (SSSR count). The Morgan fingerprint density at radius 3 is 2.90 bits per heavy atom. The van der Waals surface area contributed by atoms with Gasteiger partial charge in [-0.2, -0.15) is 5.10 Å². The molecule has 0 radical (unpaired) electrons. The Balaban J connectivity index is 1.56. The average Bonchev–Trinajstić information content (AvgIpc) is 3.43. The van der Waals surface area contributed by atoms with E-state index in [2.05, 4.69) is 20.3 Å². The van der Waals surface area contributed by atoms with Crippen LogP contribution in [0.3, 0.4) is 0 Å². The quantitative estimate of drug-likeness (QED) is 0.359. The SMILES string of the molecule is CNC(=O)c1cccc(SNc2noc3cc(Cn4cc(CN)cn4)cc(OC)c23)c1. The lowest BCUT2D eigenvalue weighted by molar-refractivity contribution is 0.0963. The fourth-order valence-corrected chi connectivity index (χ4v) is 3.84. The number of nitrogens with one attached hydrogen (secondary N) is 2. The van der Waals surface area contributed by atoms with Crippen LogP contribution in [0.5, 0.6) is 5.75 Å². The number of rotatable bonds is 8. The number of nitrogens with two attached hydrogens (primary N) is 1. The van der Waals surface area contributed by atoms with E-state index in [9.17, 15) is 4.79 Å². The van der Waals surface area contributed by atoms with Crippen molar-refractivity contribution in [3.63, 3.8) is 0 Å². The zero-order valence-electron chi connectivity index (χ0n) is 17.1. The van der Waals surface area contributed by atoms with Crippen LogP contribution in [0.4, 0.5) is 5.82 Å². The number of benzene rings is 2. The first-order chi connectivity index (χ1) is 15.1. The zero-order chi connectivity index (χ0) is 21.8. The largest absolute Gasteiger partial charge is 0.496 e. The second-order valence-electron chi connectivity index (χ2n) is 6.76. The Labute approximate surface area is 183 Å². The molecule has 0 aliphatic heterocycles. The van der Waals surface area contributed by atoms with E-state index in [4.69, 9.17) is 15.0 Å². The van der Waals surface area contributed by atoms with Gasteiger partial charge in [-0.15, -0.1) is 0 Å². The van der Waals surface area contributed by atoms with Gasteiger partial charge in [0.15, 0.2) is 11.4 Å². The predicted molar refractivity (Wildman–Crippen MR) is 119 cm³/mol. The number of ether oxygens (including phenoxy) is 1. The normalized spacial score (nSPS) is 10.9. The van der Waals surface area contributed by atoms with Gasteiger partial charge in [0.05, 0.1) is 19.9 Å². The van der Waals surface area contributed by atoms with Crippen molar-refractivity contribution in [1.29, 1.82) is 0 Å². The van der Waals surface area contributed by atoms with E-state index >= 15 is 0 Å². The lowest BCUT2D eigenvalue weighted by atomic mass is 10.1. The molecule has 0 bridgehead atoms. The van der Waals surface area contributed by atoms with E-state index in [1.165, 1.54) is 11.9 Å². The Kier molecular flexibility index (Phi) is 6.10. The number of methoxy groups -OCH3 is 1. The maximum absolute atomic E-state index is 11.8. The van der Waals surface area contributed by atoms with Crippen LogP contribution >= 0.6 is 11.9 Å². The van der Waals surface area contributed by atoms with Crippen molar-refractivity contribution in [1.82, 2.24) is 20.3 Å². The molecular weight excluding hydrogens is 416 g/mol. The first-order valence-corrected chi connectivity index (χ1v) is 10.4. The molecule has 0 aliphatic carbocycles. The van der Waals surface area contributed by atoms with Crippen LogP contribution in [-0.4, -0.2) is 35.0 Å². The first kappa shape index (κ1) is 20.8. The number of anilines is 1. The van der Waals surface area contributed by atoms with Gasteiger partial charge in [0.2, 0.25) is 0 Å². The molecule has 2 aromatic carbocycles. The van der Waals surface area contributed by atoms with Crippen molar-refractivity contribution in [2.24, 2.45) is 5.73 Å². The minimum Gasteiger partial charge on any atom is -0.496 e. The highest BCUT2D eigenvalue weighted by Gasteiger charge is 2.16. The van der Waals surface area contributed by atoms with Gasteiger partial charge in [-0.3, -0.25) is 9.48 Å². The van der Waals surface area contributed by atoms with Crippen molar-refractivity contribution in [3.05, 3.63) is 65.5 Å². The molecule has 0 fully saturated rings. The van der Waals surface area contributed by atoms with Gasteiger partial charge in [-0.05, 0) is 47.8 Å². The van der Waals surface area contributed by atoms with Gasteiger partial charge in [-0.1, -0.05) is 11.2 Å². The van der Waals surface area contributed by atoms with E-state index in [0.29, 0.717) is 35.8 Å². The summed E-state index contributed by atoms with van der Waals surface area (Å²) in [4.78, 5) is 12.7. The van der Waals surface area contributed by atoms with Crippen molar-refractivity contribution < 1.29 is 14.1 Å². The molecule has 10 heteroatoms. The number of fused-ring (bicyclic) bond motifs is 1. The summed E-state index contributed by atoms with van der Waals surface area (Å²) in [5, 5.41) is 11.8. The molecule has 0 atom stereocenters. The lowest BCUT2D eigenvalue weighted by Crippen LogP contribution is -2.17. The molecular formula is C21H22N6O3S. The monoisotopic (exact) mass is 438 g/mol. The molecule has 0 aliphatic rings. The fraction of sp³-hybridized carbons (Fsp3) is 0.190. The number of aromatic nitrogens is 3. The minimum absolute atomic E-state index is 0.140. The number of nitrogens with zero attached hydrogens (tertiary/aromatic N) is 3. The number of hydrogen-bond donors (Lipinski definition) is 3. The van der Waals surface area contributed by atoms with Gasteiger partial charge < -0.3 is 25.0 Å². The Bertz CT molecular complexity index is 1220. The van der Waals surface area contributed by atoms with Crippen molar-refractivity contribution in [3.8, 4) is 5.75 Å². The smallest absolute Gasteiger partial charge is 0.251 e. The third-order valence-corrected chi connectivity index (χ3v) is 5.46. The van der Waals surface area contributed by atoms with Crippen LogP contribution in [0.25, 0.3) is 11.0 Å². The summed E-state index contributed by atoms with van der Waals surface area (Å²) in [6.45, 7) is 1.000. The summed E-state index contributed by atoms with van der Waals surface area (Å²) in [6.07, 6.45) is 3.66. The number of hydrogen-bond acceptors (Lipinski definition) is 8. The zero-order valence-corrected chi connectivity index (χ0v) is 17.9. The minimum atomic E-state index is -0.140. The highest BCUT2D eigenvalue weighted by atomic mass is 32.2. The van der Waals surface area contributed by atoms with Crippen LogP contribution in [0.1, 0.15) is 21.5 Å². The molecule has 4 aromatic rings. The second kappa shape index (κ2) is 9.11. The second-order valence-corrected chi connectivity index (χ2v) is 7.64. The van der Waals surface area contributed by atoms with Crippen LogP contribution in [0.15, 0.2) is 58.2 Å². The molecule has 1 amide bonds. The summed E-state index contributed by atoms with van der Waals surface area (Å²) in [7, 11) is 3.21. The van der Waals surface area contributed by atoms with Crippen molar-refractivity contribution in [2.45, 2.75) is 18.0 Å². The Morgan fingerprint density at radius 1 is 1.29 bits per heavy atom. The maximum atomic E-state index is 11.8. The summed E-state index contributed by atoms with van der Waals surface area (Å²) < 4.78 is 16.1. The van der Waals surface area contributed by atoms with Crippen molar-refractivity contribution in [2.75, 3.05) is 18.9 Å². The fourth-order valence-electron chi connectivity index (χ4n) is 3.15. The standard InChI is InChI=1S/C21H22N6O3S/c1-23-21(28)15-4-3-5-16(8-15)31-26-20-19-17(29-2)6-13(7-18(19)30-25-20)11-27-12-14(9-22)10-24-27/h3-8,10,12H,9,11,22H2,1-2H3,(H,23,28)(H,25,26). The Morgan fingerprint density at radius 2 is 2.16 bits per heavy atom. The van der Waals surface area contributed by atoms with E-state index in [-0.39, 0.29) is 5.91 Å². The molecule has 9 nitrogen and oxygen atoms in total. The lowest BCUT2D eigenvalue weighted by Gasteiger charge is -2.08. The van der Waals surface area contributed by atoms with Gasteiger partial charge >= 0.3 is 0 Å². The Hall–Kier alpha value is -3.50. The number of carbonyl (C=O) groups is 1. The van der Waals surface area contributed by atoms with Gasteiger partial charge in [0, 0.05) is 35.8 Å². The topological polar surface area (TPSA) is 120 Å². The summed E-state index contributed by atoms with van der Waals surface area (Å²) >= 11 is 1.33. The molecule has 160 valence electrons. The highest BCUT2D eigenvalue weighted by Crippen LogP contribution is 2.36. The van der Waals surface area contributed by atoms with E-state index < -0.39 is 0 Å². The molecule has 0 spiro atoms.